The molecule has 2 aromatic carbocycles. The molecule has 0 fully saturated rings. The second-order valence-electron chi connectivity index (χ2n) is 4.56. The van der Waals surface area contributed by atoms with E-state index in [1.807, 2.05) is 0 Å². The van der Waals surface area contributed by atoms with E-state index >= 15 is 0 Å². The Labute approximate surface area is 131 Å². The summed E-state index contributed by atoms with van der Waals surface area (Å²) in [4.78, 5) is 16.0. The summed E-state index contributed by atoms with van der Waals surface area (Å²) in [5.74, 6) is 0.845. The van der Waals surface area contributed by atoms with Gasteiger partial charge in [-0.25, -0.2) is 9.78 Å². The first-order valence-corrected chi connectivity index (χ1v) is 6.95. The number of hydrogen-bond donors (Lipinski definition) is 0. The highest BCUT2D eigenvalue weighted by Crippen LogP contribution is 2.24. The molecule has 0 atom stereocenters. The lowest BCUT2D eigenvalue weighted by Crippen LogP contribution is -2.17. The predicted molar refractivity (Wildman–Crippen MR) is 81.3 cm³/mol. The fourth-order valence-corrected chi connectivity index (χ4v) is 2.14. The van der Waals surface area contributed by atoms with E-state index in [0.717, 1.165) is 0 Å². The molecule has 22 heavy (non-hydrogen) atoms. The summed E-state index contributed by atoms with van der Waals surface area (Å²) in [6.07, 6.45) is 0. The van der Waals surface area contributed by atoms with Crippen LogP contribution < -0.4 is 9.47 Å². The van der Waals surface area contributed by atoms with Crippen molar-refractivity contribution in [2.24, 2.45) is 0 Å². The normalized spacial score (nSPS) is 10.6. The molecule has 0 spiro atoms. The van der Waals surface area contributed by atoms with E-state index < -0.39 is 5.97 Å². The molecule has 0 unspecified atom stereocenters. The van der Waals surface area contributed by atoms with Crippen LogP contribution in [0.4, 0.5) is 0 Å². The zero-order chi connectivity index (χ0) is 15.5. The quantitative estimate of drug-likeness (QED) is 0.541. The number of oxazole rings is 1. The van der Waals surface area contributed by atoms with E-state index in [1.165, 1.54) is 0 Å². The molecule has 0 saturated heterocycles. The van der Waals surface area contributed by atoms with Gasteiger partial charge >= 0.3 is 5.97 Å². The van der Waals surface area contributed by atoms with Crippen molar-refractivity contribution < 1.29 is 18.7 Å². The molecule has 0 amide bonds. The molecule has 0 bridgehead atoms. The van der Waals surface area contributed by atoms with E-state index in [2.05, 4.69) is 4.98 Å². The number of aryl methyl sites for hydroxylation is 1. The summed E-state index contributed by atoms with van der Waals surface area (Å²) in [6.45, 7) is 1.52. The average Bonchev–Trinajstić information content (AvgIpc) is 2.86. The maximum Gasteiger partial charge on any atom is 0.349 e. The first-order chi connectivity index (χ1) is 10.6. The minimum Gasteiger partial charge on any atom is -0.480 e. The SMILES string of the molecule is Cc1nc2cc(OC(=O)COc3ccccc3Cl)ccc2o1. The lowest BCUT2D eigenvalue weighted by atomic mass is 10.3. The fraction of sp³-hybridized carbons (Fsp3) is 0.125. The van der Waals surface area contributed by atoms with E-state index in [9.17, 15) is 4.79 Å². The minimum atomic E-state index is -0.528. The Kier molecular flexibility index (Phi) is 3.98. The summed E-state index contributed by atoms with van der Waals surface area (Å²) in [5.41, 5.74) is 1.28. The number of carbonyl (C=O) groups is 1. The highest BCUT2D eigenvalue weighted by molar-refractivity contribution is 6.32. The van der Waals surface area contributed by atoms with E-state index in [0.29, 0.717) is 33.5 Å². The molecule has 0 aliphatic rings. The smallest absolute Gasteiger partial charge is 0.349 e. The highest BCUT2D eigenvalue weighted by Gasteiger charge is 2.10. The molecule has 0 saturated carbocycles. The van der Waals surface area contributed by atoms with Gasteiger partial charge in [-0.1, -0.05) is 23.7 Å². The molecule has 5 nitrogen and oxygen atoms in total. The number of fused-ring (bicyclic) bond motifs is 1. The van der Waals surface area contributed by atoms with E-state index in [-0.39, 0.29) is 6.61 Å². The molecule has 1 aromatic heterocycles. The van der Waals surface area contributed by atoms with Gasteiger partial charge in [0.2, 0.25) is 0 Å². The number of carbonyl (C=O) groups excluding carboxylic acids is 1. The molecule has 0 N–H and O–H groups in total. The van der Waals surface area contributed by atoms with Crippen LogP contribution in [0.1, 0.15) is 5.89 Å². The summed E-state index contributed by atoms with van der Waals surface area (Å²) in [7, 11) is 0. The Hall–Kier alpha value is -2.53. The van der Waals surface area contributed by atoms with Crippen LogP contribution in [0.25, 0.3) is 11.1 Å². The van der Waals surface area contributed by atoms with Crippen molar-refractivity contribution in [2.45, 2.75) is 6.92 Å². The van der Waals surface area contributed by atoms with Gasteiger partial charge in [0, 0.05) is 13.0 Å². The number of nitrogens with zero attached hydrogens (tertiary/aromatic N) is 1. The number of rotatable bonds is 4. The first kappa shape index (κ1) is 14.4. The van der Waals surface area contributed by atoms with Gasteiger partial charge < -0.3 is 13.9 Å². The third kappa shape index (κ3) is 3.20. The van der Waals surface area contributed by atoms with Crippen molar-refractivity contribution in [2.75, 3.05) is 6.61 Å². The minimum absolute atomic E-state index is 0.236. The molecular formula is C16H12ClNO4. The Balaban J connectivity index is 1.64. The largest absolute Gasteiger partial charge is 0.480 e. The van der Waals surface area contributed by atoms with Gasteiger partial charge in [0.25, 0.3) is 0 Å². The molecule has 0 radical (unpaired) electrons. The Morgan fingerprint density at radius 2 is 2.09 bits per heavy atom. The zero-order valence-corrected chi connectivity index (χ0v) is 12.5. The van der Waals surface area contributed by atoms with E-state index in [1.54, 1.807) is 49.4 Å². The standard InChI is InChI=1S/C16H12ClNO4/c1-10-18-13-8-11(6-7-15(13)21-10)22-16(19)9-20-14-5-3-2-4-12(14)17/h2-8H,9H2,1H3. The number of benzene rings is 2. The van der Waals surface area contributed by atoms with Crippen molar-refractivity contribution in [3.05, 3.63) is 53.4 Å². The van der Waals surface area contributed by atoms with Gasteiger partial charge in [-0.2, -0.15) is 0 Å². The molecule has 0 aliphatic heterocycles. The summed E-state index contributed by atoms with van der Waals surface area (Å²) >= 11 is 5.94. The fourth-order valence-electron chi connectivity index (χ4n) is 1.95. The van der Waals surface area contributed by atoms with Crippen LogP contribution in [0, 0.1) is 6.92 Å². The topological polar surface area (TPSA) is 61.6 Å². The van der Waals surface area contributed by atoms with Crippen LogP contribution in [0.3, 0.4) is 0 Å². The van der Waals surface area contributed by atoms with Gasteiger partial charge in [-0.15, -0.1) is 0 Å². The van der Waals surface area contributed by atoms with Crippen molar-refractivity contribution in [1.29, 1.82) is 0 Å². The summed E-state index contributed by atoms with van der Waals surface area (Å²) < 4.78 is 15.9. The Morgan fingerprint density at radius 1 is 1.27 bits per heavy atom. The Bertz CT molecular complexity index is 828. The highest BCUT2D eigenvalue weighted by atomic mass is 35.5. The third-order valence-corrected chi connectivity index (χ3v) is 3.19. The lowest BCUT2D eigenvalue weighted by molar-refractivity contribution is -0.136. The van der Waals surface area contributed by atoms with Gasteiger partial charge in [-0.3, -0.25) is 0 Å². The molecule has 3 rings (SSSR count). The van der Waals surface area contributed by atoms with Crippen LogP contribution in [0.5, 0.6) is 11.5 Å². The molecular weight excluding hydrogens is 306 g/mol. The first-order valence-electron chi connectivity index (χ1n) is 6.57. The number of para-hydroxylation sites is 1. The second-order valence-corrected chi connectivity index (χ2v) is 4.96. The lowest BCUT2D eigenvalue weighted by Gasteiger charge is -2.07. The van der Waals surface area contributed by atoms with Crippen LogP contribution in [-0.2, 0) is 4.79 Å². The van der Waals surface area contributed by atoms with E-state index in [4.69, 9.17) is 25.5 Å². The van der Waals surface area contributed by atoms with Crippen molar-refractivity contribution in [3.63, 3.8) is 0 Å². The predicted octanol–water partition coefficient (Wildman–Crippen LogP) is 3.77. The number of ether oxygens (including phenoxy) is 2. The maximum absolute atomic E-state index is 11.8. The second kappa shape index (κ2) is 6.07. The van der Waals surface area contributed by atoms with Crippen molar-refractivity contribution >= 4 is 28.7 Å². The molecule has 6 heteroatoms. The van der Waals surface area contributed by atoms with Gasteiger partial charge in [0.15, 0.2) is 18.1 Å². The van der Waals surface area contributed by atoms with Gasteiger partial charge in [0.1, 0.15) is 17.0 Å². The molecule has 1 heterocycles. The van der Waals surface area contributed by atoms with Crippen LogP contribution in [0.2, 0.25) is 5.02 Å². The maximum atomic E-state index is 11.8. The summed E-state index contributed by atoms with van der Waals surface area (Å²) in [6, 6.07) is 11.9. The van der Waals surface area contributed by atoms with Gasteiger partial charge in [-0.05, 0) is 24.3 Å². The average molecular weight is 318 g/mol. The zero-order valence-electron chi connectivity index (χ0n) is 11.7. The van der Waals surface area contributed by atoms with Gasteiger partial charge in [0.05, 0.1) is 5.02 Å². The van der Waals surface area contributed by atoms with Crippen LogP contribution in [-0.4, -0.2) is 17.6 Å². The van der Waals surface area contributed by atoms with Crippen molar-refractivity contribution in [3.8, 4) is 11.5 Å². The molecule has 112 valence electrons. The number of halogens is 1. The van der Waals surface area contributed by atoms with Crippen LogP contribution >= 0.6 is 11.6 Å². The van der Waals surface area contributed by atoms with Crippen molar-refractivity contribution in [1.82, 2.24) is 4.98 Å². The summed E-state index contributed by atoms with van der Waals surface area (Å²) in [5, 5.41) is 0.440. The monoisotopic (exact) mass is 317 g/mol. The third-order valence-electron chi connectivity index (χ3n) is 2.88. The number of aromatic nitrogens is 1. The van der Waals surface area contributed by atoms with Crippen LogP contribution in [0.15, 0.2) is 46.9 Å². The number of hydrogen-bond acceptors (Lipinski definition) is 5. The molecule has 0 aliphatic carbocycles. The Morgan fingerprint density at radius 3 is 2.91 bits per heavy atom. The number of esters is 1. The molecule has 3 aromatic rings.